The molecule has 0 aromatic carbocycles. The Morgan fingerprint density at radius 3 is 2.81 bits per heavy atom. The van der Waals surface area contributed by atoms with Gasteiger partial charge >= 0.3 is 5.97 Å². The Morgan fingerprint density at radius 2 is 2.25 bits per heavy atom. The maximum atomic E-state index is 11.7. The van der Waals surface area contributed by atoms with Crippen LogP contribution in [0, 0.1) is 11.8 Å². The molecule has 2 atom stereocenters. The zero-order chi connectivity index (χ0) is 12.1. The van der Waals surface area contributed by atoms with Crippen molar-refractivity contribution in [3.63, 3.8) is 0 Å². The predicted octanol–water partition coefficient (Wildman–Crippen LogP) is 2.76. The quantitative estimate of drug-likeness (QED) is 0.755. The number of allylic oxidation sites excluding steroid dienone is 4. The third-order valence-corrected chi connectivity index (χ3v) is 2.96. The van der Waals surface area contributed by atoms with Crippen LogP contribution in [0.1, 0.15) is 26.2 Å². The molecule has 0 aliphatic heterocycles. The van der Waals surface area contributed by atoms with Gasteiger partial charge in [-0.15, -0.1) is 0 Å². The van der Waals surface area contributed by atoms with Gasteiger partial charge in [0.15, 0.2) is 5.78 Å². The summed E-state index contributed by atoms with van der Waals surface area (Å²) in [5.74, 6) is -1.59. The fraction of sp³-hybridized carbons (Fsp3) is 0.500. The Hall–Kier alpha value is -1.09. The van der Waals surface area contributed by atoms with Crippen LogP contribution in [0.2, 0.25) is 0 Å². The SMILES string of the molecule is CC/C=C\C[C@H]1C(=O)C(Cl)=C[C@H]1CC(=O)O. The van der Waals surface area contributed by atoms with Crippen molar-refractivity contribution in [3.05, 3.63) is 23.3 Å². The summed E-state index contributed by atoms with van der Waals surface area (Å²) in [4.78, 5) is 22.3. The number of hydrogen-bond acceptors (Lipinski definition) is 2. The molecule has 1 rings (SSSR count). The summed E-state index contributed by atoms with van der Waals surface area (Å²) in [7, 11) is 0. The molecule has 0 spiro atoms. The van der Waals surface area contributed by atoms with Crippen LogP contribution in [-0.4, -0.2) is 16.9 Å². The Kier molecular flexibility index (Phi) is 4.74. The molecule has 88 valence electrons. The number of carboxylic acids is 1. The molecule has 1 N–H and O–H groups in total. The van der Waals surface area contributed by atoms with Crippen LogP contribution in [0.25, 0.3) is 0 Å². The maximum absolute atomic E-state index is 11.7. The lowest BCUT2D eigenvalue weighted by Crippen LogP contribution is -2.18. The summed E-state index contributed by atoms with van der Waals surface area (Å²) >= 11 is 5.74. The number of ketones is 1. The second kappa shape index (κ2) is 5.85. The number of Topliss-reactive ketones (excluding diaryl/α,β-unsaturated/α-hetero) is 1. The van der Waals surface area contributed by atoms with Crippen molar-refractivity contribution in [2.45, 2.75) is 26.2 Å². The van der Waals surface area contributed by atoms with Crippen LogP contribution >= 0.6 is 11.6 Å². The van der Waals surface area contributed by atoms with Crippen LogP contribution in [0.4, 0.5) is 0 Å². The fourth-order valence-corrected chi connectivity index (χ4v) is 2.15. The zero-order valence-corrected chi connectivity index (χ0v) is 9.91. The van der Waals surface area contributed by atoms with Gasteiger partial charge in [-0.25, -0.2) is 0 Å². The Labute approximate surface area is 99.8 Å². The molecule has 4 heteroatoms. The number of carboxylic acid groups (broad SMARTS) is 1. The van der Waals surface area contributed by atoms with Crippen LogP contribution in [0.3, 0.4) is 0 Å². The van der Waals surface area contributed by atoms with Crippen molar-refractivity contribution < 1.29 is 14.7 Å². The summed E-state index contributed by atoms with van der Waals surface area (Å²) < 4.78 is 0. The van der Waals surface area contributed by atoms with Crippen LogP contribution < -0.4 is 0 Å². The third kappa shape index (κ3) is 3.20. The molecule has 0 unspecified atom stereocenters. The van der Waals surface area contributed by atoms with E-state index in [0.29, 0.717) is 6.42 Å². The van der Waals surface area contributed by atoms with E-state index in [9.17, 15) is 9.59 Å². The van der Waals surface area contributed by atoms with Gasteiger partial charge in [0.1, 0.15) is 0 Å². The van der Waals surface area contributed by atoms with E-state index in [4.69, 9.17) is 16.7 Å². The smallest absolute Gasteiger partial charge is 0.303 e. The van der Waals surface area contributed by atoms with Crippen molar-refractivity contribution in [2.24, 2.45) is 11.8 Å². The highest BCUT2D eigenvalue weighted by Crippen LogP contribution is 2.34. The van der Waals surface area contributed by atoms with Crippen LogP contribution in [0.15, 0.2) is 23.3 Å². The largest absolute Gasteiger partial charge is 0.481 e. The van der Waals surface area contributed by atoms with E-state index < -0.39 is 5.97 Å². The van der Waals surface area contributed by atoms with Crippen molar-refractivity contribution in [3.8, 4) is 0 Å². The average Bonchev–Trinajstić information content (AvgIpc) is 2.45. The molecule has 0 saturated heterocycles. The van der Waals surface area contributed by atoms with Crippen molar-refractivity contribution in [1.82, 2.24) is 0 Å². The van der Waals surface area contributed by atoms with E-state index in [2.05, 4.69) is 0 Å². The van der Waals surface area contributed by atoms with Crippen molar-refractivity contribution in [1.29, 1.82) is 0 Å². The van der Waals surface area contributed by atoms with E-state index in [-0.39, 0.29) is 29.1 Å². The highest BCUT2D eigenvalue weighted by Gasteiger charge is 2.35. The topological polar surface area (TPSA) is 54.4 Å². The third-order valence-electron chi connectivity index (χ3n) is 2.65. The van der Waals surface area contributed by atoms with Gasteiger partial charge in [-0.1, -0.05) is 36.8 Å². The second-order valence-corrected chi connectivity index (χ2v) is 4.27. The van der Waals surface area contributed by atoms with Gasteiger partial charge in [0.25, 0.3) is 0 Å². The molecule has 0 fully saturated rings. The summed E-state index contributed by atoms with van der Waals surface area (Å²) in [6, 6.07) is 0. The zero-order valence-electron chi connectivity index (χ0n) is 9.15. The first-order valence-electron chi connectivity index (χ1n) is 5.34. The Bertz CT molecular complexity index is 344. The summed E-state index contributed by atoms with van der Waals surface area (Å²) in [5, 5.41) is 8.92. The van der Waals surface area contributed by atoms with Gasteiger partial charge in [0.05, 0.1) is 11.5 Å². The minimum Gasteiger partial charge on any atom is -0.481 e. The molecule has 3 nitrogen and oxygen atoms in total. The van der Waals surface area contributed by atoms with Crippen LogP contribution in [0.5, 0.6) is 0 Å². The van der Waals surface area contributed by atoms with Gasteiger partial charge in [0, 0.05) is 5.92 Å². The van der Waals surface area contributed by atoms with Gasteiger partial charge < -0.3 is 5.11 Å². The molecular formula is C12H15ClO3. The van der Waals surface area contributed by atoms with Crippen LogP contribution in [-0.2, 0) is 9.59 Å². The van der Waals surface area contributed by atoms with E-state index in [0.717, 1.165) is 6.42 Å². The summed E-state index contributed by atoms with van der Waals surface area (Å²) in [5.41, 5.74) is 0. The lowest BCUT2D eigenvalue weighted by molar-refractivity contribution is -0.138. The highest BCUT2D eigenvalue weighted by atomic mass is 35.5. The minimum absolute atomic E-state index is 0.0351. The molecule has 0 bridgehead atoms. The van der Waals surface area contributed by atoms with Gasteiger partial charge in [-0.3, -0.25) is 9.59 Å². The number of carbonyl (C=O) groups is 2. The monoisotopic (exact) mass is 242 g/mol. The first kappa shape index (κ1) is 13.0. The first-order valence-corrected chi connectivity index (χ1v) is 5.72. The number of hydrogen-bond donors (Lipinski definition) is 1. The molecule has 0 amide bonds. The molecule has 1 aliphatic carbocycles. The van der Waals surface area contributed by atoms with Gasteiger partial charge in [-0.2, -0.15) is 0 Å². The molecule has 1 aliphatic rings. The molecule has 0 saturated carbocycles. The first-order chi connectivity index (χ1) is 7.56. The van der Waals surface area contributed by atoms with Gasteiger partial charge in [0.2, 0.25) is 0 Å². The van der Waals surface area contributed by atoms with Crippen molar-refractivity contribution in [2.75, 3.05) is 0 Å². The lowest BCUT2D eigenvalue weighted by Gasteiger charge is -2.13. The van der Waals surface area contributed by atoms with E-state index >= 15 is 0 Å². The van der Waals surface area contributed by atoms with Gasteiger partial charge in [-0.05, 0) is 18.8 Å². The lowest BCUT2D eigenvalue weighted by atomic mass is 9.89. The Balaban J connectivity index is 2.68. The number of halogens is 1. The Morgan fingerprint density at radius 1 is 1.56 bits per heavy atom. The molecule has 0 heterocycles. The standard InChI is InChI=1S/C12H15ClO3/c1-2-3-4-5-9-8(7-11(14)15)6-10(13)12(9)16/h3-4,6,8-9H,2,5,7H2,1H3,(H,14,15)/b4-3-/t8-,9+/m0/s1. The average molecular weight is 243 g/mol. The van der Waals surface area contributed by atoms with E-state index in [1.165, 1.54) is 0 Å². The number of aliphatic carboxylic acids is 1. The number of carbonyl (C=O) groups excluding carboxylic acids is 1. The molecule has 0 radical (unpaired) electrons. The molecular weight excluding hydrogens is 228 g/mol. The second-order valence-electron chi connectivity index (χ2n) is 3.86. The molecule has 0 aromatic heterocycles. The molecule has 16 heavy (non-hydrogen) atoms. The van der Waals surface area contributed by atoms with E-state index in [1.807, 2.05) is 19.1 Å². The minimum atomic E-state index is -0.898. The molecule has 0 aromatic rings. The normalized spacial score (nSPS) is 25.1. The summed E-state index contributed by atoms with van der Waals surface area (Å²) in [6.07, 6.45) is 6.90. The number of rotatable bonds is 5. The summed E-state index contributed by atoms with van der Waals surface area (Å²) in [6.45, 7) is 2.01. The van der Waals surface area contributed by atoms with E-state index in [1.54, 1.807) is 6.08 Å². The predicted molar refractivity (Wildman–Crippen MR) is 62.2 cm³/mol. The highest BCUT2D eigenvalue weighted by molar-refractivity contribution is 6.43. The fourth-order valence-electron chi connectivity index (χ4n) is 1.85. The van der Waals surface area contributed by atoms with Crippen molar-refractivity contribution >= 4 is 23.4 Å². The maximum Gasteiger partial charge on any atom is 0.303 e.